The van der Waals surface area contributed by atoms with E-state index in [1.807, 2.05) is 12.1 Å². The third kappa shape index (κ3) is 6.70. The quantitative estimate of drug-likeness (QED) is 0.467. The van der Waals surface area contributed by atoms with E-state index in [1.54, 1.807) is 0 Å². The molecular weight excluding hydrogens is 319 g/mol. The average molecular weight is 355 g/mol. The maximum Gasteiger partial charge on any atom is 0.451 e. The Balaban J connectivity index is 3.02. The molecule has 138 valence electrons. The largest absolute Gasteiger partial charge is 0.451 e. The molecule has 2 N–H and O–H groups in total. The molecule has 0 aliphatic carbocycles. The third-order valence-corrected chi connectivity index (χ3v) is 5.59. The van der Waals surface area contributed by atoms with Gasteiger partial charge in [-0.05, 0) is 35.3 Å². The number of hydrogen-bond donors (Lipinski definition) is 2. The average Bonchev–Trinajstić information content (AvgIpc) is 2.41. The summed E-state index contributed by atoms with van der Waals surface area (Å²) in [4.78, 5) is 20.7. The summed E-state index contributed by atoms with van der Waals surface area (Å²) in [7, 11) is -3.36. The van der Waals surface area contributed by atoms with Crippen LogP contribution >= 0.6 is 7.94 Å². The Morgan fingerprint density at radius 1 is 0.917 bits per heavy atom. The van der Waals surface area contributed by atoms with Gasteiger partial charge in [-0.2, -0.15) is 9.79 Å². The Bertz CT molecular complexity index is 525. The zero-order valence-electron chi connectivity index (χ0n) is 16.5. The van der Waals surface area contributed by atoms with Crippen molar-refractivity contribution in [1.29, 1.82) is 0 Å². The van der Waals surface area contributed by atoms with E-state index in [9.17, 15) is 9.79 Å². The molecule has 0 amide bonds. The van der Waals surface area contributed by atoms with Crippen molar-refractivity contribution >= 4 is 7.94 Å². The molecule has 0 aliphatic heterocycles. The maximum atomic E-state index is 10.3. The van der Waals surface area contributed by atoms with Crippen LogP contribution in [-0.4, -0.2) is 15.9 Å². The molecule has 24 heavy (non-hydrogen) atoms. The molecule has 0 saturated carbocycles. The van der Waals surface area contributed by atoms with E-state index in [0.717, 1.165) is 31.2 Å². The van der Waals surface area contributed by atoms with Crippen LogP contribution in [-0.2, 0) is 10.8 Å². The molecular formula is C20H36O3P+. The molecule has 1 aromatic carbocycles. The van der Waals surface area contributed by atoms with Crippen LogP contribution in [0.5, 0.6) is 5.75 Å². The van der Waals surface area contributed by atoms with Crippen LogP contribution in [0.1, 0.15) is 85.3 Å². The molecule has 4 heteroatoms. The van der Waals surface area contributed by atoms with Crippen LogP contribution in [0.25, 0.3) is 0 Å². The van der Waals surface area contributed by atoms with E-state index >= 15 is 0 Å². The van der Waals surface area contributed by atoms with Crippen molar-refractivity contribution in [2.75, 3.05) is 6.16 Å². The van der Waals surface area contributed by atoms with E-state index in [0.29, 0.717) is 11.9 Å². The zero-order valence-corrected chi connectivity index (χ0v) is 17.4. The first-order chi connectivity index (χ1) is 10.9. The van der Waals surface area contributed by atoms with Crippen molar-refractivity contribution in [1.82, 2.24) is 0 Å². The second-order valence-corrected chi connectivity index (χ2v) is 10.7. The van der Waals surface area contributed by atoms with Crippen LogP contribution in [0.15, 0.2) is 18.2 Å². The highest BCUT2D eigenvalue weighted by molar-refractivity contribution is 7.60. The standard InChI is InChI=1S/C20H36O3P/c1-8-9-10-11-14-24(21,22)23-18-13-12-16(19(2,3)4)15-17(18)20(5,6)7/h12-13,15,21-22H,8-11,14H2,1-7H3/q+1. The fourth-order valence-corrected chi connectivity index (χ4v) is 3.81. The SMILES string of the molecule is CCCCCC[P+](O)(O)Oc1ccc(C(C)(C)C)cc1C(C)(C)C. The second-order valence-electron chi connectivity index (χ2n) is 8.75. The minimum Gasteiger partial charge on any atom is -0.287 e. The summed E-state index contributed by atoms with van der Waals surface area (Å²) in [5.41, 5.74) is 2.17. The van der Waals surface area contributed by atoms with Gasteiger partial charge in [0.05, 0.1) is 0 Å². The van der Waals surface area contributed by atoms with Gasteiger partial charge in [0.25, 0.3) is 0 Å². The topological polar surface area (TPSA) is 49.7 Å². The summed E-state index contributed by atoms with van der Waals surface area (Å²) >= 11 is 0. The number of unbranched alkanes of at least 4 members (excludes halogenated alkanes) is 3. The molecule has 1 aromatic rings. The van der Waals surface area contributed by atoms with Gasteiger partial charge in [0.15, 0.2) is 5.75 Å². The lowest BCUT2D eigenvalue weighted by molar-refractivity contribution is 0.332. The highest BCUT2D eigenvalue weighted by Gasteiger charge is 2.38. The normalized spacial score (nSPS) is 13.2. The van der Waals surface area contributed by atoms with Crippen molar-refractivity contribution in [3.63, 3.8) is 0 Å². The van der Waals surface area contributed by atoms with Gasteiger partial charge < -0.3 is 0 Å². The minimum absolute atomic E-state index is 0.0450. The Morgan fingerprint density at radius 3 is 2.04 bits per heavy atom. The van der Waals surface area contributed by atoms with E-state index in [-0.39, 0.29) is 10.8 Å². The number of rotatable bonds is 7. The van der Waals surface area contributed by atoms with Crippen LogP contribution in [0, 0.1) is 0 Å². The van der Waals surface area contributed by atoms with Crippen LogP contribution in [0.2, 0.25) is 0 Å². The monoisotopic (exact) mass is 355 g/mol. The van der Waals surface area contributed by atoms with Gasteiger partial charge in [0, 0.05) is 5.56 Å². The number of hydrogen-bond acceptors (Lipinski definition) is 3. The van der Waals surface area contributed by atoms with Crippen LogP contribution in [0.3, 0.4) is 0 Å². The van der Waals surface area contributed by atoms with Crippen molar-refractivity contribution in [3.05, 3.63) is 29.3 Å². The molecule has 0 fully saturated rings. The Kier molecular flexibility index (Phi) is 7.29. The highest BCUT2D eigenvalue weighted by Crippen LogP contribution is 2.53. The molecule has 0 aromatic heterocycles. The van der Waals surface area contributed by atoms with Gasteiger partial charge in [-0.15, -0.1) is 0 Å². The molecule has 0 radical (unpaired) electrons. The summed E-state index contributed by atoms with van der Waals surface area (Å²) in [6.45, 7) is 15.0. The fourth-order valence-electron chi connectivity index (χ4n) is 2.61. The van der Waals surface area contributed by atoms with E-state index in [1.165, 1.54) is 5.56 Å². The van der Waals surface area contributed by atoms with E-state index < -0.39 is 7.94 Å². The summed E-state index contributed by atoms with van der Waals surface area (Å²) in [6.07, 6.45) is 4.38. The lowest BCUT2D eigenvalue weighted by atomic mass is 9.80. The van der Waals surface area contributed by atoms with Gasteiger partial charge in [0.2, 0.25) is 0 Å². The first-order valence-corrected chi connectivity index (χ1v) is 10.8. The minimum atomic E-state index is -3.36. The van der Waals surface area contributed by atoms with Gasteiger partial charge >= 0.3 is 7.94 Å². The molecule has 0 bridgehead atoms. The molecule has 0 aliphatic rings. The van der Waals surface area contributed by atoms with Crippen molar-refractivity contribution < 1.29 is 14.3 Å². The van der Waals surface area contributed by atoms with Gasteiger partial charge in [-0.25, -0.2) is 0 Å². The Hall–Kier alpha value is -0.630. The molecule has 0 unspecified atom stereocenters. The Labute approximate surface area is 149 Å². The zero-order chi connectivity index (χ0) is 18.6. The molecule has 0 spiro atoms. The lowest BCUT2D eigenvalue weighted by Crippen LogP contribution is -2.18. The predicted octanol–water partition coefficient (Wildman–Crippen LogP) is 5.99. The molecule has 1 rings (SSSR count). The molecule has 0 heterocycles. The summed E-state index contributed by atoms with van der Waals surface area (Å²) in [5, 5.41) is 0. The summed E-state index contributed by atoms with van der Waals surface area (Å²) in [5.74, 6) is 0.601. The van der Waals surface area contributed by atoms with Crippen molar-refractivity contribution in [2.45, 2.75) is 85.0 Å². The van der Waals surface area contributed by atoms with Crippen molar-refractivity contribution in [3.8, 4) is 5.75 Å². The van der Waals surface area contributed by atoms with E-state index in [2.05, 4.69) is 54.5 Å². The summed E-state index contributed by atoms with van der Waals surface area (Å²) < 4.78 is 5.73. The third-order valence-electron chi connectivity index (χ3n) is 4.20. The lowest BCUT2D eigenvalue weighted by Gasteiger charge is -2.27. The number of benzene rings is 1. The van der Waals surface area contributed by atoms with Gasteiger partial charge in [0.1, 0.15) is 6.16 Å². The van der Waals surface area contributed by atoms with Gasteiger partial charge in [-0.3, -0.25) is 4.52 Å². The van der Waals surface area contributed by atoms with Crippen molar-refractivity contribution in [2.24, 2.45) is 0 Å². The van der Waals surface area contributed by atoms with E-state index in [4.69, 9.17) is 4.52 Å². The Morgan fingerprint density at radius 2 is 1.54 bits per heavy atom. The molecule has 3 nitrogen and oxygen atoms in total. The molecule has 0 atom stereocenters. The predicted molar refractivity (Wildman–Crippen MR) is 105 cm³/mol. The first kappa shape index (κ1) is 21.4. The fraction of sp³-hybridized carbons (Fsp3) is 0.700. The molecule has 0 saturated heterocycles. The summed E-state index contributed by atoms with van der Waals surface area (Å²) in [6, 6.07) is 6.07. The van der Waals surface area contributed by atoms with Gasteiger partial charge in [-0.1, -0.05) is 73.4 Å². The highest BCUT2D eigenvalue weighted by atomic mass is 31.2. The first-order valence-electron chi connectivity index (χ1n) is 9.05. The second kappa shape index (κ2) is 8.17. The van der Waals surface area contributed by atoms with Crippen LogP contribution in [0.4, 0.5) is 0 Å². The smallest absolute Gasteiger partial charge is 0.287 e. The van der Waals surface area contributed by atoms with Crippen LogP contribution < -0.4 is 4.52 Å². The maximum absolute atomic E-state index is 10.3.